The summed E-state index contributed by atoms with van der Waals surface area (Å²) in [5, 5.41) is 9.21. The molecule has 0 radical (unpaired) electrons. The molecule has 3 heterocycles. The Hall–Kier alpha value is -2.31. The van der Waals surface area contributed by atoms with E-state index in [0.29, 0.717) is 31.7 Å². The third-order valence-corrected chi connectivity index (χ3v) is 5.00. The minimum atomic E-state index is -0.860. The number of carbonyl (C=O) groups is 3. The van der Waals surface area contributed by atoms with Crippen LogP contribution in [0.15, 0.2) is 22.8 Å². The van der Waals surface area contributed by atoms with Crippen molar-refractivity contribution in [3.8, 4) is 0 Å². The van der Waals surface area contributed by atoms with E-state index in [4.69, 9.17) is 4.42 Å². The lowest BCUT2D eigenvalue weighted by atomic mass is 9.92. The highest BCUT2D eigenvalue weighted by atomic mass is 16.4. The highest BCUT2D eigenvalue weighted by molar-refractivity contribution is 5.89. The van der Waals surface area contributed by atoms with Crippen LogP contribution in [0.3, 0.4) is 0 Å². The van der Waals surface area contributed by atoms with Gasteiger partial charge in [0.05, 0.1) is 24.6 Å². The Morgan fingerprint density at radius 1 is 1.29 bits per heavy atom. The molecule has 0 bridgehead atoms. The Morgan fingerprint density at radius 3 is 2.75 bits per heavy atom. The Morgan fingerprint density at radius 2 is 2.08 bits per heavy atom. The van der Waals surface area contributed by atoms with Gasteiger partial charge < -0.3 is 19.3 Å². The molecule has 7 nitrogen and oxygen atoms in total. The normalized spacial score (nSPS) is 27.5. The number of hydrogen-bond acceptors (Lipinski definition) is 4. The molecule has 1 aromatic heterocycles. The molecule has 24 heavy (non-hydrogen) atoms. The van der Waals surface area contributed by atoms with Crippen LogP contribution in [-0.4, -0.2) is 51.8 Å². The topological polar surface area (TPSA) is 91.1 Å². The van der Waals surface area contributed by atoms with Crippen LogP contribution >= 0.6 is 0 Å². The molecule has 1 aromatic rings. The van der Waals surface area contributed by atoms with Crippen molar-refractivity contribution < 1.29 is 23.9 Å². The summed E-state index contributed by atoms with van der Waals surface area (Å²) in [6, 6.07) is 3.58. The van der Waals surface area contributed by atoms with Crippen molar-refractivity contribution in [2.75, 3.05) is 13.1 Å². The molecular weight excluding hydrogens is 312 g/mol. The van der Waals surface area contributed by atoms with E-state index in [1.54, 1.807) is 28.2 Å². The molecule has 7 heteroatoms. The third kappa shape index (κ3) is 3.29. The number of aliphatic carboxylic acids is 1. The first-order valence-corrected chi connectivity index (χ1v) is 8.29. The van der Waals surface area contributed by atoms with Gasteiger partial charge in [0.25, 0.3) is 0 Å². The first kappa shape index (κ1) is 16.5. The second-order valence-corrected chi connectivity index (χ2v) is 6.71. The molecule has 2 fully saturated rings. The monoisotopic (exact) mass is 334 g/mol. The molecular formula is C17H22N2O5. The smallest absolute Gasteiger partial charge is 0.308 e. The van der Waals surface area contributed by atoms with Gasteiger partial charge in [-0.1, -0.05) is 0 Å². The van der Waals surface area contributed by atoms with Crippen LogP contribution in [0, 0.1) is 11.8 Å². The van der Waals surface area contributed by atoms with Gasteiger partial charge in [0.2, 0.25) is 11.8 Å². The molecule has 2 saturated heterocycles. The summed E-state index contributed by atoms with van der Waals surface area (Å²) in [6.45, 7) is 2.90. The first-order valence-electron chi connectivity index (χ1n) is 8.29. The van der Waals surface area contributed by atoms with Crippen molar-refractivity contribution in [1.29, 1.82) is 0 Å². The average Bonchev–Trinajstić information content (AvgIpc) is 3.18. The molecule has 0 saturated carbocycles. The highest BCUT2D eigenvalue weighted by Crippen LogP contribution is 2.28. The maximum Gasteiger partial charge on any atom is 0.308 e. The molecule has 3 unspecified atom stereocenters. The molecule has 3 atom stereocenters. The lowest BCUT2D eigenvalue weighted by Crippen LogP contribution is -2.49. The number of carbonyl (C=O) groups excluding carboxylic acids is 2. The van der Waals surface area contributed by atoms with Crippen molar-refractivity contribution >= 4 is 17.8 Å². The number of likely N-dealkylation sites (tertiary alicyclic amines) is 2. The fraction of sp³-hybridized carbons (Fsp3) is 0.588. The zero-order chi connectivity index (χ0) is 17.3. The number of hydrogen-bond donors (Lipinski definition) is 1. The summed E-state index contributed by atoms with van der Waals surface area (Å²) in [5.41, 5.74) is 0. The SMILES string of the molecule is CC1CCC(C(=O)O)CN1C(=O)C1CC(=O)N(Cc2ccco2)C1. The van der Waals surface area contributed by atoms with E-state index >= 15 is 0 Å². The summed E-state index contributed by atoms with van der Waals surface area (Å²) < 4.78 is 5.26. The van der Waals surface area contributed by atoms with Crippen LogP contribution in [0.25, 0.3) is 0 Å². The van der Waals surface area contributed by atoms with Crippen LogP contribution in [-0.2, 0) is 20.9 Å². The van der Waals surface area contributed by atoms with Crippen LogP contribution in [0.4, 0.5) is 0 Å². The summed E-state index contributed by atoms with van der Waals surface area (Å²) in [4.78, 5) is 39.5. The van der Waals surface area contributed by atoms with Gasteiger partial charge in [0, 0.05) is 25.6 Å². The second kappa shape index (κ2) is 6.67. The molecule has 0 aliphatic carbocycles. The van der Waals surface area contributed by atoms with Gasteiger partial charge in [-0.25, -0.2) is 0 Å². The van der Waals surface area contributed by atoms with Crippen molar-refractivity contribution in [3.63, 3.8) is 0 Å². The quantitative estimate of drug-likeness (QED) is 0.897. The Balaban J connectivity index is 1.64. The Bertz CT molecular complexity index is 627. The molecule has 0 aromatic carbocycles. The van der Waals surface area contributed by atoms with Crippen LogP contribution < -0.4 is 0 Å². The fourth-order valence-electron chi connectivity index (χ4n) is 3.53. The Kier molecular flexibility index (Phi) is 4.59. The summed E-state index contributed by atoms with van der Waals surface area (Å²) in [7, 11) is 0. The minimum Gasteiger partial charge on any atom is -0.481 e. The van der Waals surface area contributed by atoms with Gasteiger partial charge in [-0.05, 0) is 31.9 Å². The van der Waals surface area contributed by atoms with E-state index in [2.05, 4.69) is 0 Å². The zero-order valence-electron chi connectivity index (χ0n) is 13.7. The number of carboxylic acid groups (broad SMARTS) is 1. The molecule has 130 valence electrons. The predicted octanol–water partition coefficient (Wildman–Crippen LogP) is 1.34. The van der Waals surface area contributed by atoms with Gasteiger partial charge in [-0.2, -0.15) is 0 Å². The van der Waals surface area contributed by atoms with Crippen LogP contribution in [0.2, 0.25) is 0 Å². The standard InChI is InChI=1S/C17H22N2O5/c1-11-4-5-12(17(22)23)9-19(11)16(21)13-7-15(20)18(8-13)10-14-3-2-6-24-14/h2-3,6,11-13H,4-5,7-10H2,1H3,(H,22,23). The number of rotatable bonds is 4. The number of nitrogens with zero attached hydrogens (tertiary/aromatic N) is 2. The first-order chi connectivity index (χ1) is 11.5. The molecule has 0 spiro atoms. The zero-order valence-corrected chi connectivity index (χ0v) is 13.7. The molecule has 3 rings (SSSR count). The molecule has 2 aliphatic rings. The lowest BCUT2D eigenvalue weighted by Gasteiger charge is -2.37. The Labute approximate surface area is 140 Å². The number of carboxylic acids is 1. The van der Waals surface area contributed by atoms with Gasteiger partial charge in [0.15, 0.2) is 0 Å². The fourth-order valence-corrected chi connectivity index (χ4v) is 3.53. The lowest BCUT2D eigenvalue weighted by molar-refractivity contribution is -0.148. The maximum absolute atomic E-state index is 12.8. The molecule has 1 N–H and O–H groups in total. The van der Waals surface area contributed by atoms with E-state index in [9.17, 15) is 19.5 Å². The minimum absolute atomic E-state index is 0.0160. The van der Waals surface area contributed by atoms with Crippen LogP contribution in [0.5, 0.6) is 0 Å². The maximum atomic E-state index is 12.8. The van der Waals surface area contributed by atoms with Crippen molar-refractivity contribution in [2.45, 2.75) is 38.8 Å². The van der Waals surface area contributed by atoms with Crippen LogP contribution in [0.1, 0.15) is 31.9 Å². The highest BCUT2D eigenvalue weighted by Gasteiger charge is 2.40. The van der Waals surface area contributed by atoms with E-state index in [0.717, 1.165) is 0 Å². The van der Waals surface area contributed by atoms with Crippen molar-refractivity contribution in [2.24, 2.45) is 11.8 Å². The number of furan rings is 1. The van der Waals surface area contributed by atoms with Gasteiger partial charge in [0.1, 0.15) is 5.76 Å². The number of piperidine rings is 1. The van der Waals surface area contributed by atoms with Gasteiger partial charge >= 0.3 is 5.97 Å². The third-order valence-electron chi connectivity index (χ3n) is 5.00. The van der Waals surface area contributed by atoms with Crippen molar-refractivity contribution in [1.82, 2.24) is 9.80 Å². The van der Waals surface area contributed by atoms with E-state index in [-0.39, 0.29) is 30.8 Å². The summed E-state index contributed by atoms with van der Waals surface area (Å²) >= 11 is 0. The van der Waals surface area contributed by atoms with Gasteiger partial charge in [-0.3, -0.25) is 14.4 Å². The molecule has 2 aliphatic heterocycles. The average molecular weight is 334 g/mol. The molecule has 2 amide bonds. The van der Waals surface area contributed by atoms with E-state index in [1.165, 1.54) is 0 Å². The second-order valence-electron chi connectivity index (χ2n) is 6.71. The predicted molar refractivity (Wildman–Crippen MR) is 83.8 cm³/mol. The number of amides is 2. The summed E-state index contributed by atoms with van der Waals surface area (Å²) in [6.07, 6.45) is 3.01. The largest absolute Gasteiger partial charge is 0.481 e. The summed E-state index contributed by atoms with van der Waals surface area (Å²) in [5.74, 6) is -1.26. The van der Waals surface area contributed by atoms with Gasteiger partial charge in [-0.15, -0.1) is 0 Å². The van der Waals surface area contributed by atoms with E-state index in [1.807, 2.05) is 6.92 Å². The van der Waals surface area contributed by atoms with Crippen molar-refractivity contribution in [3.05, 3.63) is 24.2 Å². The van der Waals surface area contributed by atoms with E-state index < -0.39 is 17.8 Å².